The number of carbonyl (C=O) groups is 2. The largest absolute Gasteiger partial charge is 0.331 e. The van der Waals surface area contributed by atoms with E-state index in [0.717, 1.165) is 5.01 Å². The Bertz CT molecular complexity index is 338. The van der Waals surface area contributed by atoms with Gasteiger partial charge in [0.1, 0.15) is 0 Å². The van der Waals surface area contributed by atoms with Crippen molar-refractivity contribution in [2.24, 2.45) is 11.7 Å². The van der Waals surface area contributed by atoms with Crippen molar-refractivity contribution in [1.82, 2.24) is 5.43 Å². The number of anilines is 1. The third kappa shape index (κ3) is 2.06. The molecule has 5 N–H and O–H groups in total. The number of para-hydroxylation sites is 1. The van der Waals surface area contributed by atoms with E-state index in [9.17, 15) is 9.59 Å². The van der Waals surface area contributed by atoms with Crippen molar-refractivity contribution in [2.45, 2.75) is 0 Å². The van der Waals surface area contributed by atoms with Crippen molar-refractivity contribution in [3.05, 3.63) is 30.3 Å². The standard InChI is InChI=1S/C8H10N4O2/c9-11-7(13)8(14)12(10)6-4-2-1-3-5-6/h1-5H,9-10H2,(H,11,13). The van der Waals surface area contributed by atoms with Gasteiger partial charge in [-0.2, -0.15) is 0 Å². The topological polar surface area (TPSA) is 101 Å². The van der Waals surface area contributed by atoms with Gasteiger partial charge in [-0.05, 0) is 12.1 Å². The van der Waals surface area contributed by atoms with Gasteiger partial charge >= 0.3 is 11.8 Å². The van der Waals surface area contributed by atoms with Crippen LogP contribution in [-0.4, -0.2) is 11.8 Å². The zero-order valence-electron chi connectivity index (χ0n) is 7.31. The number of nitrogens with zero attached hydrogens (tertiary/aromatic N) is 1. The third-order valence-corrected chi connectivity index (χ3v) is 1.58. The van der Waals surface area contributed by atoms with Gasteiger partial charge in [0.25, 0.3) is 0 Å². The number of benzene rings is 1. The van der Waals surface area contributed by atoms with E-state index in [-0.39, 0.29) is 0 Å². The second kappa shape index (κ2) is 4.35. The van der Waals surface area contributed by atoms with Crippen LogP contribution in [0.25, 0.3) is 0 Å². The van der Waals surface area contributed by atoms with Gasteiger partial charge < -0.3 is 0 Å². The Morgan fingerprint density at radius 3 is 2.29 bits per heavy atom. The van der Waals surface area contributed by atoms with Gasteiger partial charge in [-0.15, -0.1) is 0 Å². The van der Waals surface area contributed by atoms with E-state index in [1.807, 2.05) is 0 Å². The lowest BCUT2D eigenvalue weighted by Crippen LogP contribution is -2.48. The number of nitrogens with one attached hydrogen (secondary N) is 1. The van der Waals surface area contributed by atoms with E-state index in [2.05, 4.69) is 0 Å². The molecule has 0 radical (unpaired) electrons. The number of nitrogens with two attached hydrogens (primary N) is 2. The second-order valence-corrected chi connectivity index (χ2v) is 2.48. The van der Waals surface area contributed by atoms with Crippen LogP contribution in [0.15, 0.2) is 30.3 Å². The third-order valence-electron chi connectivity index (χ3n) is 1.58. The van der Waals surface area contributed by atoms with Crippen LogP contribution >= 0.6 is 0 Å². The molecule has 0 aliphatic carbocycles. The van der Waals surface area contributed by atoms with Crippen molar-refractivity contribution in [2.75, 3.05) is 5.01 Å². The molecule has 74 valence electrons. The average Bonchev–Trinajstić information content (AvgIpc) is 2.27. The molecule has 0 saturated carbocycles. The molecule has 0 unspecified atom stereocenters. The summed E-state index contributed by atoms with van der Waals surface area (Å²) in [6.07, 6.45) is 0. The lowest BCUT2D eigenvalue weighted by molar-refractivity contribution is -0.137. The fraction of sp³-hybridized carbons (Fsp3) is 0. The molecule has 0 aromatic heterocycles. The molecular weight excluding hydrogens is 184 g/mol. The normalized spacial score (nSPS) is 9.29. The molecule has 1 rings (SSSR count). The number of rotatable bonds is 1. The first-order valence-electron chi connectivity index (χ1n) is 3.81. The van der Waals surface area contributed by atoms with E-state index in [0.29, 0.717) is 5.69 Å². The summed E-state index contributed by atoms with van der Waals surface area (Å²) >= 11 is 0. The van der Waals surface area contributed by atoms with E-state index < -0.39 is 11.8 Å². The number of carbonyl (C=O) groups excluding carboxylic acids is 2. The minimum atomic E-state index is -0.962. The van der Waals surface area contributed by atoms with Gasteiger partial charge in [0.2, 0.25) is 0 Å². The maximum atomic E-state index is 11.2. The Morgan fingerprint density at radius 1 is 1.21 bits per heavy atom. The molecular formula is C8H10N4O2. The van der Waals surface area contributed by atoms with Crippen LogP contribution in [0, 0.1) is 0 Å². The quantitative estimate of drug-likeness (QED) is 0.228. The molecule has 0 heterocycles. The summed E-state index contributed by atoms with van der Waals surface area (Å²) in [5.74, 6) is 8.29. The smallest absolute Gasteiger partial charge is 0.286 e. The van der Waals surface area contributed by atoms with Gasteiger partial charge in [-0.1, -0.05) is 18.2 Å². The average molecular weight is 194 g/mol. The maximum absolute atomic E-state index is 11.2. The van der Waals surface area contributed by atoms with Gasteiger partial charge in [-0.25, -0.2) is 16.7 Å². The summed E-state index contributed by atoms with van der Waals surface area (Å²) in [4.78, 5) is 22.0. The number of hydrogen-bond acceptors (Lipinski definition) is 4. The first kappa shape index (κ1) is 10.2. The Balaban J connectivity index is 2.81. The molecule has 0 saturated heterocycles. The van der Waals surface area contributed by atoms with Gasteiger partial charge in [0.05, 0.1) is 5.69 Å². The van der Waals surface area contributed by atoms with Gasteiger partial charge in [-0.3, -0.25) is 15.0 Å². The number of amides is 2. The first-order valence-corrected chi connectivity index (χ1v) is 3.81. The zero-order chi connectivity index (χ0) is 10.6. The summed E-state index contributed by atoms with van der Waals surface area (Å²) in [6.45, 7) is 0. The Morgan fingerprint density at radius 2 is 1.79 bits per heavy atom. The molecule has 6 nitrogen and oxygen atoms in total. The Labute approximate surface area is 80.4 Å². The fourth-order valence-electron chi connectivity index (χ4n) is 0.877. The first-order chi connectivity index (χ1) is 6.66. The van der Waals surface area contributed by atoms with Gasteiger partial charge in [0.15, 0.2) is 0 Å². The molecule has 14 heavy (non-hydrogen) atoms. The second-order valence-electron chi connectivity index (χ2n) is 2.48. The summed E-state index contributed by atoms with van der Waals surface area (Å²) in [5.41, 5.74) is 2.12. The monoisotopic (exact) mass is 194 g/mol. The van der Waals surface area contributed by atoms with Crippen LogP contribution in [0.5, 0.6) is 0 Å². The molecule has 0 bridgehead atoms. The highest BCUT2D eigenvalue weighted by Crippen LogP contribution is 2.08. The van der Waals surface area contributed by atoms with Crippen LogP contribution < -0.4 is 22.1 Å². The molecule has 0 aliphatic heterocycles. The minimum Gasteiger partial charge on any atom is -0.286 e. The lowest BCUT2D eigenvalue weighted by atomic mass is 10.3. The van der Waals surface area contributed by atoms with Crippen LogP contribution in [0.2, 0.25) is 0 Å². The Hall–Kier alpha value is -1.92. The fourth-order valence-corrected chi connectivity index (χ4v) is 0.877. The number of hydrogen-bond donors (Lipinski definition) is 3. The summed E-state index contributed by atoms with van der Waals surface area (Å²) in [5, 5.41) is 0.724. The molecule has 0 aliphatic rings. The summed E-state index contributed by atoms with van der Waals surface area (Å²) in [6, 6.07) is 8.36. The summed E-state index contributed by atoms with van der Waals surface area (Å²) in [7, 11) is 0. The molecule has 1 aromatic carbocycles. The van der Waals surface area contributed by atoms with Crippen LogP contribution in [0.1, 0.15) is 0 Å². The number of hydrazine groups is 2. The van der Waals surface area contributed by atoms with E-state index >= 15 is 0 Å². The predicted molar refractivity (Wildman–Crippen MR) is 50.4 cm³/mol. The predicted octanol–water partition coefficient (Wildman–Crippen LogP) is -1.12. The van der Waals surface area contributed by atoms with Gasteiger partial charge in [0, 0.05) is 0 Å². The van der Waals surface area contributed by atoms with Crippen molar-refractivity contribution < 1.29 is 9.59 Å². The van der Waals surface area contributed by atoms with E-state index in [4.69, 9.17) is 11.7 Å². The molecule has 0 fully saturated rings. The summed E-state index contributed by atoms with van der Waals surface area (Å²) < 4.78 is 0. The molecule has 1 aromatic rings. The van der Waals surface area contributed by atoms with Crippen LogP contribution in [0.3, 0.4) is 0 Å². The molecule has 2 amide bonds. The highest BCUT2D eigenvalue weighted by atomic mass is 16.2. The lowest BCUT2D eigenvalue weighted by Gasteiger charge is -2.14. The van der Waals surface area contributed by atoms with Crippen LogP contribution in [0.4, 0.5) is 5.69 Å². The highest BCUT2D eigenvalue weighted by Gasteiger charge is 2.18. The van der Waals surface area contributed by atoms with E-state index in [1.165, 1.54) is 0 Å². The van der Waals surface area contributed by atoms with Crippen molar-refractivity contribution in [1.29, 1.82) is 0 Å². The zero-order valence-corrected chi connectivity index (χ0v) is 7.31. The van der Waals surface area contributed by atoms with Crippen LogP contribution in [-0.2, 0) is 9.59 Å². The maximum Gasteiger partial charge on any atom is 0.331 e. The minimum absolute atomic E-state index is 0.418. The Kier molecular flexibility index (Phi) is 3.16. The van der Waals surface area contributed by atoms with Crippen molar-refractivity contribution in [3.63, 3.8) is 0 Å². The molecule has 0 atom stereocenters. The molecule has 6 heteroatoms. The van der Waals surface area contributed by atoms with Crippen molar-refractivity contribution >= 4 is 17.5 Å². The van der Waals surface area contributed by atoms with E-state index in [1.54, 1.807) is 35.8 Å². The molecule has 0 spiro atoms. The SMILES string of the molecule is NNC(=O)C(=O)N(N)c1ccccc1. The highest BCUT2D eigenvalue weighted by molar-refractivity contribution is 6.39. The van der Waals surface area contributed by atoms with Crippen molar-refractivity contribution in [3.8, 4) is 0 Å².